The van der Waals surface area contributed by atoms with Gasteiger partial charge in [-0.2, -0.15) is 0 Å². The molecule has 4 heteroatoms. The molecule has 0 saturated carbocycles. The summed E-state index contributed by atoms with van der Waals surface area (Å²) in [4.78, 5) is 13.7. The molecule has 82 valence electrons. The van der Waals surface area contributed by atoms with Crippen molar-refractivity contribution in [3.8, 4) is 0 Å². The number of nitrogens with one attached hydrogen (secondary N) is 1. The van der Waals surface area contributed by atoms with E-state index < -0.39 is 0 Å². The van der Waals surface area contributed by atoms with Gasteiger partial charge in [-0.15, -0.1) is 0 Å². The van der Waals surface area contributed by atoms with Crippen LogP contribution < -0.4 is 5.32 Å². The molecule has 0 aromatic heterocycles. The summed E-state index contributed by atoms with van der Waals surface area (Å²) in [7, 11) is 0. The van der Waals surface area contributed by atoms with Gasteiger partial charge in [0.05, 0.1) is 12.1 Å². The molecule has 14 heavy (non-hydrogen) atoms. The summed E-state index contributed by atoms with van der Waals surface area (Å²) < 4.78 is 0. The van der Waals surface area contributed by atoms with Gasteiger partial charge >= 0.3 is 0 Å². The van der Waals surface area contributed by atoms with Crippen molar-refractivity contribution in [2.24, 2.45) is 0 Å². The van der Waals surface area contributed by atoms with E-state index in [0.717, 1.165) is 19.5 Å². The Morgan fingerprint density at radius 3 is 2.71 bits per heavy atom. The van der Waals surface area contributed by atoms with Crippen LogP contribution in [-0.4, -0.2) is 47.7 Å². The van der Waals surface area contributed by atoms with Crippen LogP contribution in [0.4, 0.5) is 0 Å². The Labute approximate surface area is 85.3 Å². The Morgan fingerprint density at radius 2 is 2.29 bits per heavy atom. The Kier molecular flexibility index (Phi) is 4.35. The highest BCUT2D eigenvalue weighted by atomic mass is 16.3. The van der Waals surface area contributed by atoms with E-state index in [1.54, 1.807) is 0 Å². The molecule has 1 fully saturated rings. The lowest BCUT2D eigenvalue weighted by Gasteiger charge is -2.23. The normalized spacial score (nSPS) is 26.5. The Bertz CT molecular complexity index is 191. The first-order chi connectivity index (χ1) is 6.69. The number of amides is 1. The van der Waals surface area contributed by atoms with E-state index in [9.17, 15) is 9.90 Å². The molecule has 0 radical (unpaired) electrons. The van der Waals surface area contributed by atoms with Gasteiger partial charge < -0.3 is 15.3 Å². The number of nitrogens with zero attached hydrogens (tertiary/aromatic N) is 1. The number of hydrogen-bond acceptors (Lipinski definition) is 3. The highest BCUT2D eigenvalue weighted by Crippen LogP contribution is 2.09. The molecule has 1 unspecified atom stereocenters. The summed E-state index contributed by atoms with van der Waals surface area (Å²) >= 11 is 0. The van der Waals surface area contributed by atoms with E-state index in [0.29, 0.717) is 13.0 Å². The minimum Gasteiger partial charge on any atom is -0.392 e. The van der Waals surface area contributed by atoms with Crippen LogP contribution in [0, 0.1) is 0 Å². The lowest BCUT2D eigenvalue weighted by Crippen LogP contribution is -2.43. The van der Waals surface area contributed by atoms with Crippen molar-refractivity contribution in [3.05, 3.63) is 0 Å². The van der Waals surface area contributed by atoms with Crippen LogP contribution >= 0.6 is 0 Å². The van der Waals surface area contributed by atoms with Gasteiger partial charge in [-0.05, 0) is 19.8 Å². The highest BCUT2D eigenvalue weighted by Gasteiger charge is 2.30. The molecule has 1 amide bonds. The monoisotopic (exact) mass is 200 g/mol. The van der Waals surface area contributed by atoms with Crippen molar-refractivity contribution in [3.63, 3.8) is 0 Å². The number of carbonyl (C=O) groups excluding carboxylic acids is 1. The van der Waals surface area contributed by atoms with Crippen LogP contribution in [0.2, 0.25) is 0 Å². The van der Waals surface area contributed by atoms with Crippen molar-refractivity contribution >= 4 is 5.91 Å². The number of hydrogen-bond donors (Lipinski definition) is 2. The van der Waals surface area contributed by atoms with E-state index in [2.05, 4.69) is 12.2 Å². The smallest absolute Gasteiger partial charge is 0.239 e. The Balaban J connectivity index is 2.45. The van der Waals surface area contributed by atoms with Gasteiger partial charge in [-0.1, -0.05) is 6.92 Å². The molecule has 1 heterocycles. The zero-order valence-corrected chi connectivity index (χ0v) is 8.99. The number of β-amino-alcohol motifs (C(OH)–C–C–N with tert-alkyl or cyclic N) is 1. The van der Waals surface area contributed by atoms with Crippen LogP contribution in [0.3, 0.4) is 0 Å². The van der Waals surface area contributed by atoms with Crippen molar-refractivity contribution < 1.29 is 9.90 Å². The van der Waals surface area contributed by atoms with Gasteiger partial charge in [-0.3, -0.25) is 4.79 Å². The fraction of sp³-hybridized carbons (Fsp3) is 0.900. The van der Waals surface area contributed by atoms with E-state index >= 15 is 0 Å². The summed E-state index contributed by atoms with van der Waals surface area (Å²) in [6.07, 6.45) is 1.18. The average Bonchev–Trinajstić information content (AvgIpc) is 2.60. The molecule has 2 atom stereocenters. The number of aliphatic hydroxyl groups is 1. The van der Waals surface area contributed by atoms with Gasteiger partial charge in [0, 0.05) is 19.6 Å². The third-order valence-corrected chi connectivity index (χ3v) is 2.59. The van der Waals surface area contributed by atoms with Crippen LogP contribution in [0.15, 0.2) is 0 Å². The highest BCUT2D eigenvalue weighted by molar-refractivity contribution is 5.82. The maximum absolute atomic E-state index is 11.9. The standard InChI is InChI=1S/C10H20N2O2/c1-3-5-12(4-2)10(14)9-6-8(13)7-11-9/h8-9,11,13H,3-7H2,1-2H3/t8?,9-/m0/s1. The van der Waals surface area contributed by atoms with Gasteiger partial charge in [0.1, 0.15) is 0 Å². The lowest BCUT2D eigenvalue weighted by atomic mass is 10.2. The minimum absolute atomic E-state index is 0.130. The number of aliphatic hydroxyl groups excluding tert-OH is 1. The van der Waals surface area contributed by atoms with Gasteiger partial charge in [0.2, 0.25) is 5.91 Å². The van der Waals surface area contributed by atoms with Crippen LogP contribution in [0.1, 0.15) is 26.7 Å². The van der Waals surface area contributed by atoms with Gasteiger partial charge in [-0.25, -0.2) is 0 Å². The summed E-state index contributed by atoms with van der Waals surface area (Å²) in [5.74, 6) is 0.130. The molecule has 1 aliphatic heterocycles. The zero-order valence-electron chi connectivity index (χ0n) is 8.99. The lowest BCUT2D eigenvalue weighted by molar-refractivity contribution is -0.133. The summed E-state index contributed by atoms with van der Waals surface area (Å²) in [6.45, 7) is 6.15. The third-order valence-electron chi connectivity index (χ3n) is 2.59. The van der Waals surface area contributed by atoms with Crippen molar-refractivity contribution in [1.82, 2.24) is 10.2 Å². The number of carbonyl (C=O) groups is 1. The maximum Gasteiger partial charge on any atom is 0.239 e. The second kappa shape index (κ2) is 5.32. The third kappa shape index (κ3) is 2.69. The van der Waals surface area contributed by atoms with Crippen molar-refractivity contribution in [1.29, 1.82) is 0 Å². The first kappa shape index (κ1) is 11.5. The molecule has 0 aliphatic carbocycles. The summed E-state index contributed by atoms with van der Waals surface area (Å²) in [5, 5.41) is 12.3. The SMILES string of the molecule is CCCN(CC)C(=O)[C@@H]1CC(O)CN1. The fourth-order valence-electron chi connectivity index (χ4n) is 1.82. The molecule has 1 rings (SSSR count). The van der Waals surface area contributed by atoms with E-state index in [1.807, 2.05) is 11.8 Å². The second-order valence-corrected chi connectivity index (χ2v) is 3.77. The van der Waals surface area contributed by atoms with Crippen LogP contribution in [0.25, 0.3) is 0 Å². The quantitative estimate of drug-likeness (QED) is 0.670. The van der Waals surface area contributed by atoms with Gasteiger partial charge in [0.15, 0.2) is 0 Å². The number of likely N-dealkylation sites (N-methyl/N-ethyl adjacent to an activating group) is 1. The molecular weight excluding hydrogens is 180 g/mol. The second-order valence-electron chi connectivity index (χ2n) is 3.77. The fourth-order valence-corrected chi connectivity index (χ4v) is 1.82. The Hall–Kier alpha value is -0.610. The molecular formula is C10H20N2O2. The van der Waals surface area contributed by atoms with E-state index in [4.69, 9.17) is 0 Å². The molecule has 1 aliphatic rings. The van der Waals surface area contributed by atoms with Gasteiger partial charge in [0.25, 0.3) is 0 Å². The topological polar surface area (TPSA) is 52.6 Å². The van der Waals surface area contributed by atoms with E-state index in [1.165, 1.54) is 0 Å². The molecule has 1 saturated heterocycles. The first-order valence-corrected chi connectivity index (χ1v) is 5.39. The summed E-state index contributed by atoms with van der Waals surface area (Å²) in [5.41, 5.74) is 0. The predicted molar refractivity (Wildman–Crippen MR) is 55.0 cm³/mol. The molecule has 0 spiro atoms. The summed E-state index contributed by atoms with van der Waals surface area (Å²) in [6, 6.07) is -0.170. The number of rotatable bonds is 4. The maximum atomic E-state index is 11.9. The van der Waals surface area contributed by atoms with E-state index in [-0.39, 0.29) is 18.1 Å². The van der Waals surface area contributed by atoms with Crippen LogP contribution in [-0.2, 0) is 4.79 Å². The molecule has 4 nitrogen and oxygen atoms in total. The van der Waals surface area contributed by atoms with Crippen molar-refractivity contribution in [2.75, 3.05) is 19.6 Å². The largest absolute Gasteiger partial charge is 0.392 e. The molecule has 0 aromatic carbocycles. The molecule has 2 N–H and O–H groups in total. The zero-order chi connectivity index (χ0) is 10.6. The average molecular weight is 200 g/mol. The first-order valence-electron chi connectivity index (χ1n) is 5.39. The molecule has 0 aromatic rings. The molecule has 0 bridgehead atoms. The van der Waals surface area contributed by atoms with Crippen molar-refractivity contribution in [2.45, 2.75) is 38.8 Å². The Morgan fingerprint density at radius 1 is 1.57 bits per heavy atom. The minimum atomic E-state index is -0.357. The van der Waals surface area contributed by atoms with Crippen LogP contribution in [0.5, 0.6) is 0 Å². The predicted octanol–water partition coefficient (Wildman–Crippen LogP) is -0.0323.